The van der Waals surface area contributed by atoms with Gasteiger partial charge < -0.3 is 14.9 Å². The van der Waals surface area contributed by atoms with Gasteiger partial charge in [-0.15, -0.1) is 0 Å². The normalized spacial score (nSPS) is 18.0. The molecule has 1 saturated heterocycles. The monoisotopic (exact) mass is 502 g/mol. The van der Waals surface area contributed by atoms with Gasteiger partial charge in [-0.2, -0.15) is 5.26 Å². The molecule has 1 amide bonds. The number of hydrogen-bond acceptors (Lipinski definition) is 6. The third kappa shape index (κ3) is 3.57. The predicted molar refractivity (Wildman–Crippen MR) is 114 cm³/mol. The van der Waals surface area contributed by atoms with Crippen molar-refractivity contribution in [2.45, 2.75) is 18.6 Å². The molecule has 0 saturated carbocycles. The van der Waals surface area contributed by atoms with E-state index in [9.17, 15) is 29.5 Å². The number of aliphatic hydroxyl groups excluding tert-OH is 1. The second-order valence-corrected chi connectivity index (χ2v) is 8.09. The fourth-order valence-corrected chi connectivity index (χ4v) is 4.42. The van der Waals surface area contributed by atoms with Gasteiger partial charge >= 0.3 is 6.09 Å². The van der Waals surface area contributed by atoms with Gasteiger partial charge in [-0.25, -0.2) is 14.2 Å². The van der Waals surface area contributed by atoms with E-state index in [4.69, 9.17) is 4.74 Å². The Morgan fingerprint density at radius 2 is 2.12 bits per heavy atom. The number of amides is 1. The first kappa shape index (κ1) is 21.7. The van der Waals surface area contributed by atoms with Crippen LogP contribution < -0.4 is 10.3 Å². The molecular formula is C21H16BrFN4O5. The van der Waals surface area contributed by atoms with E-state index < -0.39 is 29.6 Å². The summed E-state index contributed by atoms with van der Waals surface area (Å²) in [6, 6.07) is 7.74. The van der Waals surface area contributed by atoms with Gasteiger partial charge in [0.2, 0.25) is 0 Å². The van der Waals surface area contributed by atoms with Crippen molar-refractivity contribution in [3.63, 3.8) is 0 Å². The van der Waals surface area contributed by atoms with Crippen molar-refractivity contribution in [2.75, 3.05) is 13.7 Å². The van der Waals surface area contributed by atoms with E-state index in [1.807, 2.05) is 6.07 Å². The molecule has 0 spiro atoms. The number of hydrogen-bond donors (Lipinski definition) is 2. The van der Waals surface area contributed by atoms with Crippen LogP contribution in [0.15, 0.2) is 39.6 Å². The summed E-state index contributed by atoms with van der Waals surface area (Å²) in [5, 5.41) is 29.1. The molecule has 1 aliphatic heterocycles. The molecule has 11 heteroatoms. The first-order chi connectivity index (χ1) is 15.2. The molecule has 9 nitrogen and oxygen atoms in total. The number of benzene rings is 2. The van der Waals surface area contributed by atoms with E-state index in [0.29, 0.717) is 4.47 Å². The molecule has 1 aliphatic rings. The van der Waals surface area contributed by atoms with E-state index >= 15 is 0 Å². The summed E-state index contributed by atoms with van der Waals surface area (Å²) in [6.45, 7) is -0.153. The van der Waals surface area contributed by atoms with Crippen LogP contribution in [0.3, 0.4) is 0 Å². The number of ether oxygens (including phenoxy) is 1. The zero-order chi connectivity index (χ0) is 23.2. The van der Waals surface area contributed by atoms with Gasteiger partial charge in [0.05, 0.1) is 54.0 Å². The summed E-state index contributed by atoms with van der Waals surface area (Å²) >= 11 is 3.32. The molecule has 2 heterocycles. The molecule has 0 unspecified atom stereocenters. The van der Waals surface area contributed by atoms with E-state index in [2.05, 4.69) is 20.9 Å². The highest BCUT2D eigenvalue weighted by molar-refractivity contribution is 9.10. The van der Waals surface area contributed by atoms with Crippen LogP contribution in [0, 0.1) is 17.1 Å². The number of halogens is 2. The lowest BCUT2D eigenvalue weighted by Gasteiger charge is -2.24. The predicted octanol–water partition coefficient (Wildman–Crippen LogP) is 2.95. The Balaban J connectivity index is 2.08. The smallest absolute Gasteiger partial charge is 0.408 e. The number of carbonyl (C=O) groups is 1. The molecular weight excluding hydrogens is 487 g/mol. The Labute approximate surface area is 189 Å². The molecule has 32 heavy (non-hydrogen) atoms. The Hall–Kier alpha value is -3.49. The topological polar surface area (TPSA) is 129 Å². The lowest BCUT2D eigenvalue weighted by atomic mass is 10.1. The molecule has 2 aromatic carbocycles. The summed E-state index contributed by atoms with van der Waals surface area (Å²) in [7, 11) is 1.30. The molecule has 164 valence electrons. The number of β-amino-alcohol motifs (C(OH)–C–C–N with tert-alkyl or cyclic N) is 1. The lowest BCUT2D eigenvalue weighted by molar-refractivity contribution is 0.130. The second-order valence-electron chi connectivity index (χ2n) is 7.24. The zero-order valence-electron chi connectivity index (χ0n) is 16.6. The maximum atomic E-state index is 14.5. The number of likely N-dealkylation sites (tertiary alicyclic amines) is 1. The van der Waals surface area contributed by atoms with Crippen molar-refractivity contribution in [2.24, 2.45) is 0 Å². The van der Waals surface area contributed by atoms with Gasteiger partial charge in [0.15, 0.2) is 11.6 Å². The summed E-state index contributed by atoms with van der Waals surface area (Å²) in [5.41, 5.74) is -0.0742. The molecule has 1 fully saturated rings. The first-order valence-corrected chi connectivity index (χ1v) is 10.2. The van der Waals surface area contributed by atoms with Crippen molar-refractivity contribution in [1.29, 1.82) is 5.26 Å². The van der Waals surface area contributed by atoms with Crippen molar-refractivity contribution in [1.82, 2.24) is 14.5 Å². The minimum atomic E-state index is -1.28. The number of methoxy groups -OCH3 is 1. The Morgan fingerprint density at radius 3 is 2.75 bits per heavy atom. The Bertz CT molecular complexity index is 1350. The molecule has 3 aromatic rings. The van der Waals surface area contributed by atoms with Crippen molar-refractivity contribution in [3.05, 3.63) is 62.4 Å². The van der Waals surface area contributed by atoms with Crippen LogP contribution in [-0.2, 0) is 0 Å². The van der Waals surface area contributed by atoms with Crippen molar-refractivity contribution < 1.29 is 24.1 Å². The summed E-state index contributed by atoms with van der Waals surface area (Å²) in [5.74, 6) is -0.733. The highest BCUT2D eigenvalue weighted by atomic mass is 79.9. The number of aliphatic hydroxyl groups is 1. The SMILES string of the molecule is COc1ccc(-n2c([C@@H]3C[C@@H](O)CN3C(=O)O)nc3c(Br)cc(C#N)cc3c2=O)cc1F. The first-order valence-electron chi connectivity index (χ1n) is 9.43. The Morgan fingerprint density at radius 1 is 1.38 bits per heavy atom. The number of carboxylic acid groups (broad SMARTS) is 1. The van der Waals surface area contributed by atoms with Crippen LogP contribution in [0.5, 0.6) is 5.75 Å². The van der Waals surface area contributed by atoms with Crippen LogP contribution in [-0.4, -0.2) is 50.5 Å². The summed E-state index contributed by atoms with van der Waals surface area (Å²) in [6.07, 6.45) is -2.22. The van der Waals surface area contributed by atoms with Crippen molar-refractivity contribution >= 4 is 32.9 Å². The van der Waals surface area contributed by atoms with Gasteiger partial charge in [0.25, 0.3) is 5.56 Å². The molecule has 2 atom stereocenters. The molecule has 0 aliphatic carbocycles. The maximum absolute atomic E-state index is 14.5. The van der Waals surface area contributed by atoms with Gasteiger partial charge in [0, 0.05) is 17.0 Å². The highest BCUT2D eigenvalue weighted by Gasteiger charge is 2.38. The quantitative estimate of drug-likeness (QED) is 0.563. The molecule has 2 N–H and O–H groups in total. The number of rotatable bonds is 3. The fraction of sp³-hybridized carbons (Fsp3) is 0.238. The van der Waals surface area contributed by atoms with E-state index in [1.54, 1.807) is 0 Å². The lowest BCUT2D eigenvalue weighted by Crippen LogP contribution is -2.34. The number of aromatic nitrogens is 2. The van der Waals surface area contributed by atoms with Crippen LogP contribution in [0.4, 0.5) is 9.18 Å². The molecule has 4 rings (SSSR count). The second kappa shape index (κ2) is 8.22. The average molecular weight is 503 g/mol. The highest BCUT2D eigenvalue weighted by Crippen LogP contribution is 2.34. The molecule has 1 aromatic heterocycles. The third-order valence-corrected chi connectivity index (χ3v) is 5.90. The minimum Gasteiger partial charge on any atom is -0.494 e. The molecule has 0 radical (unpaired) electrons. The van der Waals surface area contributed by atoms with Gasteiger partial charge in [-0.05, 0) is 40.2 Å². The van der Waals surface area contributed by atoms with Crippen molar-refractivity contribution in [3.8, 4) is 17.5 Å². The maximum Gasteiger partial charge on any atom is 0.408 e. The number of nitrogens with zero attached hydrogens (tertiary/aromatic N) is 4. The average Bonchev–Trinajstić information content (AvgIpc) is 3.15. The number of nitriles is 1. The van der Waals surface area contributed by atoms with E-state index in [0.717, 1.165) is 15.5 Å². The zero-order valence-corrected chi connectivity index (χ0v) is 18.2. The number of fused-ring (bicyclic) bond motifs is 1. The molecule has 0 bridgehead atoms. The van der Waals surface area contributed by atoms with Crippen LogP contribution in [0.25, 0.3) is 16.6 Å². The van der Waals surface area contributed by atoms with E-state index in [-0.39, 0.29) is 46.7 Å². The van der Waals surface area contributed by atoms with Crippen LogP contribution >= 0.6 is 15.9 Å². The minimum absolute atomic E-state index is 0.0107. The van der Waals surface area contributed by atoms with Gasteiger partial charge in [-0.1, -0.05) is 0 Å². The van der Waals surface area contributed by atoms with Crippen LogP contribution in [0.2, 0.25) is 0 Å². The third-order valence-electron chi connectivity index (χ3n) is 5.30. The standard InChI is InChI=1S/C21H16BrFN4O5/c1-32-17-3-2-11(6-15(17)23)27-19(16-7-12(28)9-26(16)21(30)31)25-18-13(20(27)29)4-10(8-24)5-14(18)22/h2-6,12,16,28H,7,9H2,1H3,(H,30,31)/t12-,16+/m1/s1. The fourth-order valence-electron chi connectivity index (χ4n) is 3.87. The summed E-state index contributed by atoms with van der Waals surface area (Å²) < 4.78 is 20.9. The summed E-state index contributed by atoms with van der Waals surface area (Å²) in [4.78, 5) is 30.9. The van der Waals surface area contributed by atoms with Gasteiger partial charge in [-0.3, -0.25) is 14.3 Å². The van der Waals surface area contributed by atoms with Gasteiger partial charge in [0.1, 0.15) is 5.82 Å². The Kier molecular flexibility index (Phi) is 5.58. The van der Waals surface area contributed by atoms with E-state index in [1.165, 1.54) is 31.4 Å². The van der Waals surface area contributed by atoms with Crippen LogP contribution in [0.1, 0.15) is 23.9 Å². The largest absolute Gasteiger partial charge is 0.494 e.